The predicted octanol–water partition coefficient (Wildman–Crippen LogP) is 18.1. The molecule has 7 unspecified atom stereocenters. The number of amides is 1. The summed E-state index contributed by atoms with van der Waals surface area (Å²) >= 11 is 0. The zero-order chi connectivity index (χ0) is 61.9. The molecular weight excluding hydrogens is 989 g/mol. The third-order valence-electron chi connectivity index (χ3n) is 14.2. The van der Waals surface area contributed by atoms with Gasteiger partial charge in [-0.25, -0.2) is 9.59 Å². The maximum absolute atomic E-state index is 13.4. The number of aliphatic hydroxyl groups excluding tert-OH is 1. The molecule has 1 aromatic carbocycles. The molecule has 79 heavy (non-hydrogen) atoms. The number of carbonyl (C=O) groups is 3. The van der Waals surface area contributed by atoms with Gasteiger partial charge in [0.2, 0.25) is 0 Å². The van der Waals surface area contributed by atoms with Gasteiger partial charge >= 0.3 is 18.0 Å². The van der Waals surface area contributed by atoms with Gasteiger partial charge in [-0.1, -0.05) is 215 Å². The maximum Gasteiger partial charge on any atom is 0.407 e. The van der Waals surface area contributed by atoms with E-state index in [1.807, 2.05) is 41.5 Å². The lowest BCUT2D eigenvalue weighted by Gasteiger charge is -2.39. The van der Waals surface area contributed by atoms with Crippen LogP contribution in [0.5, 0.6) is 5.75 Å². The molecule has 2 rings (SSSR count). The molecule has 0 saturated carbocycles. The Morgan fingerprint density at radius 3 is 1.70 bits per heavy atom. The van der Waals surface area contributed by atoms with Crippen LogP contribution in [0.4, 0.5) is 4.79 Å². The van der Waals surface area contributed by atoms with Crippen molar-refractivity contribution in [1.29, 1.82) is 0 Å². The largest absolute Gasteiger partial charge is 0.494 e. The Labute approximate surface area is 487 Å². The fourth-order valence-corrected chi connectivity index (χ4v) is 8.63. The summed E-state index contributed by atoms with van der Waals surface area (Å²) in [6, 6.07) is 7.10. The van der Waals surface area contributed by atoms with Crippen molar-refractivity contribution in [1.82, 2.24) is 10.6 Å². The standard InChI is InChI=1S/C43H80N2O6.C17H28O.C4H6O2.2C2H6/c1-14-20-36(22-18-17-21-31(6)24-25-35(15-2)44-33(8)46)45-41(48)51-37(23-19-26-49-40(47)30(4)5)29-50-39-28-34(43(12,13)16-3)27-38(32(39)7)42(9,10)11;1-8-9-18-15-11-13(16(2,3)4)10-14(12-15)17(5,6)7;1-3(2)4(5)6;2*1-2/h27-28,30-33,35-37,39,44,46H,14-26,29H2,1-13H3,(H,45,48);10-12H,8-9H2,1-7H3;1H2,2H3,(H,5,6);2*1-2H3. The van der Waals surface area contributed by atoms with E-state index < -0.39 is 24.4 Å². The van der Waals surface area contributed by atoms with Crippen LogP contribution in [0.25, 0.3) is 0 Å². The number of esters is 1. The third-order valence-corrected chi connectivity index (χ3v) is 14.2. The van der Waals surface area contributed by atoms with Crippen molar-refractivity contribution in [2.75, 3.05) is 19.8 Å². The number of hydrogen-bond donors (Lipinski definition) is 4. The van der Waals surface area contributed by atoms with Crippen molar-refractivity contribution < 1.29 is 43.5 Å². The Hall–Kier alpha value is -3.67. The Balaban J connectivity index is -0.00000168. The lowest BCUT2D eigenvalue weighted by molar-refractivity contribution is -0.147. The SMILES string of the molecule is C=C(C)C(=O)O.CC.CC.CCCC(CCCCC(C)CCC(CC)NC(C)O)NC(=O)OC(CCCOC(=O)C(C)C)COC1C=C(C(C)(C)CC)C=C(C(C)(C)C)C1C.CCCOc1cc(C(C)(C)C)cc(C(C)(C)C)c1. The molecule has 0 bridgehead atoms. The number of hydrogen-bond acceptors (Lipinski definition) is 9. The fraction of sp³-hybridized carbons (Fsp3) is 0.779. The van der Waals surface area contributed by atoms with Crippen LogP contribution in [-0.4, -0.2) is 78.6 Å². The second kappa shape index (κ2) is 41.3. The summed E-state index contributed by atoms with van der Waals surface area (Å²) in [6.45, 7) is 57.4. The zero-order valence-corrected chi connectivity index (χ0v) is 55.8. The van der Waals surface area contributed by atoms with E-state index in [4.69, 9.17) is 24.1 Å². The molecule has 1 aromatic rings. The highest BCUT2D eigenvalue weighted by molar-refractivity contribution is 5.84. The van der Waals surface area contributed by atoms with Gasteiger partial charge in [-0.05, 0) is 128 Å². The van der Waals surface area contributed by atoms with Crippen LogP contribution in [0, 0.1) is 28.6 Å². The minimum absolute atomic E-state index is 0.00148. The van der Waals surface area contributed by atoms with E-state index in [9.17, 15) is 19.5 Å². The number of rotatable bonds is 29. The van der Waals surface area contributed by atoms with Crippen molar-refractivity contribution in [2.45, 2.75) is 298 Å². The number of aliphatic carboxylic acids is 1. The van der Waals surface area contributed by atoms with Crippen LogP contribution >= 0.6 is 0 Å². The van der Waals surface area contributed by atoms with E-state index >= 15 is 0 Å². The van der Waals surface area contributed by atoms with Crippen LogP contribution in [0.2, 0.25) is 0 Å². The van der Waals surface area contributed by atoms with Crippen molar-refractivity contribution in [3.05, 3.63) is 64.8 Å². The Morgan fingerprint density at radius 1 is 0.709 bits per heavy atom. The molecule has 0 aromatic heterocycles. The maximum atomic E-state index is 13.4. The Kier molecular flexibility index (Phi) is 41.6. The smallest absolute Gasteiger partial charge is 0.407 e. The van der Waals surface area contributed by atoms with E-state index in [2.05, 4.69) is 165 Å². The van der Waals surface area contributed by atoms with E-state index in [0.717, 1.165) is 83.0 Å². The lowest BCUT2D eigenvalue weighted by atomic mass is 9.69. The molecule has 1 aliphatic carbocycles. The highest BCUT2D eigenvalue weighted by Gasteiger charge is 2.35. The first-order chi connectivity index (χ1) is 36.6. The normalized spacial score (nSPS) is 16.4. The van der Waals surface area contributed by atoms with Gasteiger partial charge in [0, 0.05) is 23.6 Å². The molecule has 1 aliphatic rings. The van der Waals surface area contributed by atoms with Gasteiger partial charge in [-0.15, -0.1) is 0 Å². The molecule has 4 N–H and O–H groups in total. The molecule has 0 saturated heterocycles. The van der Waals surface area contributed by atoms with Gasteiger partial charge in [0.05, 0.1) is 31.8 Å². The van der Waals surface area contributed by atoms with Crippen LogP contribution in [-0.2, 0) is 34.6 Å². The minimum atomic E-state index is -0.935. The third kappa shape index (κ3) is 35.7. The first kappa shape index (κ1) is 79.6. The van der Waals surface area contributed by atoms with Gasteiger partial charge < -0.3 is 34.5 Å². The number of unbranched alkanes of at least 4 members (excludes halogenated alkanes) is 1. The summed E-state index contributed by atoms with van der Waals surface area (Å²) in [5.74, 6) is 0.490. The summed E-state index contributed by atoms with van der Waals surface area (Å²) in [6.07, 6.45) is 15.8. The van der Waals surface area contributed by atoms with Crippen molar-refractivity contribution >= 4 is 18.0 Å². The average molecular weight is 1120 g/mol. The van der Waals surface area contributed by atoms with E-state index in [-0.39, 0.29) is 70.4 Å². The molecule has 11 heteroatoms. The average Bonchev–Trinajstić information content (AvgIpc) is 3.36. The molecular formula is C68H126N2O9. The van der Waals surface area contributed by atoms with Gasteiger partial charge in [-0.3, -0.25) is 10.1 Å². The molecule has 1 amide bonds. The first-order valence-electron chi connectivity index (χ1n) is 30.9. The Bertz CT molecular complexity index is 1830. The zero-order valence-electron chi connectivity index (χ0n) is 55.8. The molecule has 462 valence electrons. The van der Waals surface area contributed by atoms with Gasteiger partial charge in [0.1, 0.15) is 18.1 Å². The number of aliphatic hydroxyl groups is 1. The van der Waals surface area contributed by atoms with E-state index in [1.54, 1.807) is 6.92 Å². The monoisotopic (exact) mass is 1110 g/mol. The molecule has 0 heterocycles. The molecule has 7 atom stereocenters. The quantitative estimate of drug-likeness (QED) is 0.0264. The number of nitrogens with one attached hydrogen (secondary N) is 2. The number of benzene rings is 1. The number of carboxylic acids is 1. The Morgan fingerprint density at radius 2 is 1.25 bits per heavy atom. The van der Waals surface area contributed by atoms with Crippen LogP contribution in [0.1, 0.15) is 268 Å². The second-order valence-corrected chi connectivity index (χ2v) is 25.5. The van der Waals surface area contributed by atoms with Gasteiger partial charge in [0.15, 0.2) is 0 Å². The van der Waals surface area contributed by atoms with E-state index in [0.29, 0.717) is 24.8 Å². The molecule has 0 spiro atoms. The highest BCUT2D eigenvalue weighted by Crippen LogP contribution is 2.43. The van der Waals surface area contributed by atoms with Crippen LogP contribution < -0.4 is 15.4 Å². The molecule has 0 fully saturated rings. The van der Waals surface area contributed by atoms with Gasteiger partial charge in [-0.2, -0.15) is 0 Å². The molecule has 0 radical (unpaired) electrons. The van der Waals surface area contributed by atoms with Crippen LogP contribution in [0.3, 0.4) is 0 Å². The fourth-order valence-electron chi connectivity index (χ4n) is 8.63. The summed E-state index contributed by atoms with van der Waals surface area (Å²) in [4.78, 5) is 35.0. The van der Waals surface area contributed by atoms with Crippen molar-refractivity contribution in [2.24, 2.45) is 28.6 Å². The lowest BCUT2D eigenvalue weighted by Crippen LogP contribution is -2.39. The first-order valence-corrected chi connectivity index (χ1v) is 30.9. The number of alkyl carbamates (subject to hydrolysis) is 1. The number of ether oxygens (including phenoxy) is 4. The topological polar surface area (TPSA) is 153 Å². The number of allylic oxidation sites excluding steroid dienone is 2. The summed E-state index contributed by atoms with van der Waals surface area (Å²) in [5, 5.41) is 24.0. The summed E-state index contributed by atoms with van der Waals surface area (Å²) in [7, 11) is 0. The second-order valence-electron chi connectivity index (χ2n) is 25.5. The number of carboxylic acid groups (broad SMARTS) is 1. The summed E-state index contributed by atoms with van der Waals surface area (Å²) in [5.41, 5.74) is 5.88. The number of carbonyl (C=O) groups excluding carboxylic acids is 2. The van der Waals surface area contributed by atoms with E-state index in [1.165, 1.54) is 29.2 Å². The minimum Gasteiger partial charge on any atom is -0.494 e. The van der Waals surface area contributed by atoms with Gasteiger partial charge in [0.25, 0.3) is 0 Å². The van der Waals surface area contributed by atoms with Crippen molar-refractivity contribution in [3.63, 3.8) is 0 Å². The highest BCUT2D eigenvalue weighted by atomic mass is 16.6. The summed E-state index contributed by atoms with van der Waals surface area (Å²) < 4.78 is 24.0. The van der Waals surface area contributed by atoms with Crippen molar-refractivity contribution in [3.8, 4) is 5.75 Å². The predicted molar refractivity (Wildman–Crippen MR) is 336 cm³/mol. The molecule has 11 nitrogen and oxygen atoms in total. The van der Waals surface area contributed by atoms with Crippen LogP contribution in [0.15, 0.2) is 53.6 Å². The molecule has 0 aliphatic heterocycles.